The molecule has 1 aromatic rings. The summed E-state index contributed by atoms with van der Waals surface area (Å²) in [4.78, 5) is 9.81. The largest absolute Gasteiger partial charge is 0.287 e. The summed E-state index contributed by atoms with van der Waals surface area (Å²) >= 11 is 0. The van der Waals surface area contributed by atoms with Gasteiger partial charge in [-0.3, -0.25) is 4.79 Å². The van der Waals surface area contributed by atoms with Gasteiger partial charge in [0.05, 0.1) is 0 Å². The molecule has 1 atom stereocenters. The first-order valence-corrected chi connectivity index (χ1v) is 2.91. The van der Waals surface area contributed by atoms with Crippen molar-refractivity contribution >= 4 is 6.29 Å². The molecule has 2 heteroatoms. The first-order valence-electron chi connectivity index (χ1n) is 2.91. The maximum Gasteiger partial charge on any atom is 0.240 e. The van der Waals surface area contributed by atoms with Crippen LogP contribution in [0, 0.1) is 0 Å². The number of halogens is 1. The minimum absolute atomic E-state index is 0.359. The van der Waals surface area contributed by atoms with Gasteiger partial charge >= 0.3 is 0 Å². The number of carbonyl (C=O) groups excluding carboxylic acids is 1. The van der Waals surface area contributed by atoms with E-state index in [9.17, 15) is 9.18 Å². The highest BCUT2D eigenvalue weighted by atomic mass is 19.1. The lowest BCUT2D eigenvalue weighted by molar-refractivity contribution is 0.409. The molecule has 10 heavy (non-hydrogen) atoms. The summed E-state index contributed by atoms with van der Waals surface area (Å²) in [7, 11) is 0. The molecule has 0 amide bonds. The van der Waals surface area contributed by atoms with E-state index in [1.165, 1.54) is 6.29 Å². The third-order valence-electron chi connectivity index (χ3n) is 1.20. The van der Waals surface area contributed by atoms with E-state index in [2.05, 4.69) is 0 Å². The van der Waals surface area contributed by atoms with E-state index in [4.69, 9.17) is 0 Å². The average Bonchev–Trinajstić information content (AvgIpc) is 2.05. The molecule has 0 N–H and O–H groups in total. The standard InChI is InChI=1S/C8H6FO/c9-8(6-10)7-4-2-1-3-5-7/h1-5,8H. The summed E-state index contributed by atoms with van der Waals surface area (Å²) in [5.74, 6) is 0. The lowest BCUT2D eigenvalue weighted by atomic mass is 10.1. The Morgan fingerprint density at radius 3 is 2.40 bits per heavy atom. The molecule has 0 heterocycles. The molecule has 0 aromatic heterocycles. The third kappa shape index (κ3) is 1.41. The second-order valence-electron chi connectivity index (χ2n) is 1.89. The molecule has 1 aromatic carbocycles. The second-order valence-corrected chi connectivity index (χ2v) is 1.89. The fourth-order valence-electron chi connectivity index (χ4n) is 0.690. The smallest absolute Gasteiger partial charge is 0.240 e. The predicted molar refractivity (Wildman–Crippen MR) is 36.0 cm³/mol. The van der Waals surface area contributed by atoms with Crippen molar-refractivity contribution in [1.29, 1.82) is 0 Å². The lowest BCUT2D eigenvalue weighted by Crippen LogP contribution is -1.90. The summed E-state index contributed by atoms with van der Waals surface area (Å²) in [6.45, 7) is 0. The van der Waals surface area contributed by atoms with E-state index in [1.807, 2.05) is 0 Å². The van der Waals surface area contributed by atoms with E-state index < -0.39 is 6.17 Å². The number of alkyl halides is 1. The van der Waals surface area contributed by atoms with Crippen molar-refractivity contribution in [3.05, 3.63) is 35.9 Å². The fourth-order valence-corrected chi connectivity index (χ4v) is 0.690. The molecule has 0 bridgehead atoms. The Hall–Kier alpha value is -1.18. The summed E-state index contributed by atoms with van der Waals surface area (Å²) in [5, 5.41) is 0. The van der Waals surface area contributed by atoms with Gasteiger partial charge in [0.15, 0.2) is 6.17 Å². The molecule has 0 aliphatic carbocycles. The summed E-state index contributed by atoms with van der Waals surface area (Å²) < 4.78 is 12.4. The van der Waals surface area contributed by atoms with Crippen LogP contribution in [0.15, 0.2) is 30.3 Å². The zero-order valence-electron chi connectivity index (χ0n) is 5.25. The van der Waals surface area contributed by atoms with Gasteiger partial charge in [-0.05, 0) is 5.56 Å². The quantitative estimate of drug-likeness (QED) is 0.607. The normalized spacial score (nSPS) is 12.5. The highest BCUT2D eigenvalue weighted by Gasteiger charge is 2.06. The van der Waals surface area contributed by atoms with Crippen molar-refractivity contribution in [3.8, 4) is 0 Å². The summed E-state index contributed by atoms with van der Waals surface area (Å²) in [6.07, 6.45) is -0.332. The van der Waals surface area contributed by atoms with Gasteiger partial charge in [-0.15, -0.1) is 0 Å². The molecule has 0 saturated carbocycles. The summed E-state index contributed by atoms with van der Waals surface area (Å²) in [6, 6.07) is 8.23. The van der Waals surface area contributed by atoms with Crippen LogP contribution in [-0.4, -0.2) is 6.29 Å². The van der Waals surface area contributed by atoms with Crippen molar-refractivity contribution in [2.75, 3.05) is 0 Å². The van der Waals surface area contributed by atoms with Gasteiger partial charge in [0, 0.05) is 0 Å². The Bertz CT molecular complexity index is 208. The third-order valence-corrected chi connectivity index (χ3v) is 1.20. The van der Waals surface area contributed by atoms with Gasteiger partial charge in [-0.1, -0.05) is 30.3 Å². The fraction of sp³-hybridized carbons (Fsp3) is 0.125. The zero-order chi connectivity index (χ0) is 7.40. The van der Waals surface area contributed by atoms with Crippen molar-refractivity contribution < 1.29 is 9.18 Å². The number of hydrogen-bond donors (Lipinski definition) is 0. The van der Waals surface area contributed by atoms with Gasteiger partial charge < -0.3 is 0 Å². The minimum Gasteiger partial charge on any atom is -0.287 e. The van der Waals surface area contributed by atoms with Crippen molar-refractivity contribution in [1.82, 2.24) is 0 Å². The number of benzene rings is 1. The van der Waals surface area contributed by atoms with Gasteiger partial charge in [-0.25, -0.2) is 4.39 Å². The SMILES string of the molecule is O=[C]C(F)c1ccccc1. The molecule has 51 valence electrons. The molecule has 0 spiro atoms. The molecular weight excluding hydrogens is 131 g/mol. The van der Waals surface area contributed by atoms with Crippen LogP contribution >= 0.6 is 0 Å². The molecule has 1 radical (unpaired) electrons. The van der Waals surface area contributed by atoms with E-state index in [-0.39, 0.29) is 0 Å². The van der Waals surface area contributed by atoms with E-state index in [0.717, 1.165) is 0 Å². The van der Waals surface area contributed by atoms with Crippen LogP contribution in [0.1, 0.15) is 11.7 Å². The first kappa shape index (κ1) is 6.93. The molecule has 0 fully saturated rings. The van der Waals surface area contributed by atoms with Crippen LogP contribution in [-0.2, 0) is 4.79 Å². The molecular formula is C8H6FO. The van der Waals surface area contributed by atoms with Gasteiger partial charge in [0.1, 0.15) is 0 Å². The molecule has 0 saturated heterocycles. The van der Waals surface area contributed by atoms with Crippen LogP contribution < -0.4 is 0 Å². The van der Waals surface area contributed by atoms with E-state index in [0.29, 0.717) is 5.56 Å². The highest BCUT2D eigenvalue weighted by molar-refractivity contribution is 5.60. The average molecular weight is 137 g/mol. The maximum absolute atomic E-state index is 12.4. The Labute approximate surface area is 58.5 Å². The van der Waals surface area contributed by atoms with Gasteiger partial charge in [-0.2, -0.15) is 0 Å². The van der Waals surface area contributed by atoms with Crippen LogP contribution in [0.4, 0.5) is 4.39 Å². The van der Waals surface area contributed by atoms with E-state index >= 15 is 0 Å². The summed E-state index contributed by atoms with van der Waals surface area (Å²) in [5.41, 5.74) is 0.359. The first-order chi connectivity index (χ1) is 4.84. The van der Waals surface area contributed by atoms with Crippen molar-refractivity contribution in [3.63, 3.8) is 0 Å². The minimum atomic E-state index is -1.60. The second kappa shape index (κ2) is 3.11. The predicted octanol–water partition coefficient (Wildman–Crippen LogP) is 1.81. The molecule has 1 nitrogen and oxygen atoms in total. The number of hydrogen-bond acceptors (Lipinski definition) is 1. The maximum atomic E-state index is 12.4. The van der Waals surface area contributed by atoms with Crippen LogP contribution in [0.25, 0.3) is 0 Å². The van der Waals surface area contributed by atoms with Crippen LogP contribution in [0.2, 0.25) is 0 Å². The van der Waals surface area contributed by atoms with E-state index in [1.54, 1.807) is 30.3 Å². The zero-order valence-corrected chi connectivity index (χ0v) is 5.25. The van der Waals surface area contributed by atoms with Crippen LogP contribution in [0.3, 0.4) is 0 Å². The molecule has 1 unspecified atom stereocenters. The molecule has 1 rings (SSSR count). The topological polar surface area (TPSA) is 17.1 Å². The number of rotatable bonds is 2. The molecule has 0 aliphatic rings. The Balaban J connectivity index is 2.84. The van der Waals surface area contributed by atoms with Crippen molar-refractivity contribution in [2.45, 2.75) is 6.17 Å². The molecule has 0 aliphatic heterocycles. The monoisotopic (exact) mass is 137 g/mol. The highest BCUT2D eigenvalue weighted by Crippen LogP contribution is 2.12. The van der Waals surface area contributed by atoms with Gasteiger partial charge in [0.25, 0.3) is 0 Å². The van der Waals surface area contributed by atoms with Gasteiger partial charge in [0.2, 0.25) is 6.29 Å². The van der Waals surface area contributed by atoms with Crippen molar-refractivity contribution in [2.24, 2.45) is 0 Å². The Morgan fingerprint density at radius 1 is 1.30 bits per heavy atom. The van der Waals surface area contributed by atoms with Crippen LogP contribution in [0.5, 0.6) is 0 Å². The Kier molecular flexibility index (Phi) is 2.15. The Morgan fingerprint density at radius 2 is 1.90 bits per heavy atom. The lowest BCUT2D eigenvalue weighted by Gasteiger charge is -1.96.